The van der Waals surface area contributed by atoms with Gasteiger partial charge < -0.3 is 10.0 Å². The summed E-state index contributed by atoms with van der Waals surface area (Å²) in [7, 11) is 0. The van der Waals surface area contributed by atoms with Crippen LogP contribution in [-0.4, -0.2) is 35.1 Å². The van der Waals surface area contributed by atoms with E-state index in [2.05, 4.69) is 0 Å². The zero-order valence-corrected chi connectivity index (χ0v) is 7.79. The highest BCUT2D eigenvalue weighted by Crippen LogP contribution is 2.12. The third-order valence-electron chi connectivity index (χ3n) is 2.27. The molecule has 0 spiro atoms. The quantitative estimate of drug-likeness (QED) is 0.628. The number of carbonyl (C=O) groups is 1. The Morgan fingerprint density at radius 3 is 2.33 bits per heavy atom. The zero-order valence-electron chi connectivity index (χ0n) is 7.79. The number of hydrogen-bond donors (Lipinski definition) is 1. The molecule has 1 aliphatic rings. The van der Waals surface area contributed by atoms with Gasteiger partial charge in [-0.2, -0.15) is 0 Å². The van der Waals surface area contributed by atoms with Gasteiger partial charge in [-0.25, -0.2) is 0 Å². The Morgan fingerprint density at radius 2 is 1.92 bits per heavy atom. The van der Waals surface area contributed by atoms with Crippen LogP contribution in [0.5, 0.6) is 0 Å². The number of aliphatic hydroxyl groups excluding tert-OH is 1. The molecular formula is C9H17NO2. The number of likely N-dealkylation sites (tertiary alicyclic amines) is 1. The molecule has 0 aliphatic carbocycles. The summed E-state index contributed by atoms with van der Waals surface area (Å²) in [5.41, 5.74) is 0. The van der Waals surface area contributed by atoms with E-state index >= 15 is 0 Å². The van der Waals surface area contributed by atoms with Crippen LogP contribution in [0.1, 0.15) is 26.7 Å². The van der Waals surface area contributed by atoms with E-state index in [0.717, 1.165) is 25.9 Å². The second-order valence-corrected chi connectivity index (χ2v) is 3.71. The molecule has 70 valence electrons. The number of carbonyl (C=O) groups excluding carboxylic acids is 1. The number of nitrogens with zero attached hydrogens (tertiary/aromatic N) is 1. The van der Waals surface area contributed by atoms with Crippen LogP contribution in [0.4, 0.5) is 0 Å². The zero-order chi connectivity index (χ0) is 9.14. The summed E-state index contributed by atoms with van der Waals surface area (Å²) in [5.74, 6) is 0.294. The third kappa shape index (κ3) is 2.21. The molecule has 0 aromatic rings. The Labute approximate surface area is 73.4 Å². The molecule has 1 heterocycles. The molecule has 0 aromatic heterocycles. The fourth-order valence-corrected chi connectivity index (χ4v) is 1.45. The van der Waals surface area contributed by atoms with Crippen LogP contribution in [0.15, 0.2) is 0 Å². The molecule has 0 bridgehead atoms. The molecular weight excluding hydrogens is 154 g/mol. The molecule has 12 heavy (non-hydrogen) atoms. The van der Waals surface area contributed by atoms with Gasteiger partial charge in [-0.1, -0.05) is 13.8 Å². The summed E-state index contributed by atoms with van der Waals surface area (Å²) in [5, 5.41) is 9.21. The summed E-state index contributed by atoms with van der Waals surface area (Å²) in [6.45, 7) is 5.26. The van der Waals surface area contributed by atoms with E-state index in [4.69, 9.17) is 0 Å². The monoisotopic (exact) mass is 171 g/mol. The van der Waals surface area contributed by atoms with E-state index in [0.29, 0.717) is 0 Å². The Morgan fingerprint density at radius 1 is 1.42 bits per heavy atom. The number of amides is 1. The van der Waals surface area contributed by atoms with Crippen molar-refractivity contribution in [3.05, 3.63) is 0 Å². The van der Waals surface area contributed by atoms with Crippen molar-refractivity contribution < 1.29 is 9.90 Å². The Balaban J connectivity index is 2.39. The highest BCUT2D eigenvalue weighted by atomic mass is 16.3. The predicted molar refractivity (Wildman–Crippen MR) is 46.7 cm³/mol. The van der Waals surface area contributed by atoms with Crippen LogP contribution in [0.3, 0.4) is 0 Å². The summed E-state index contributed by atoms with van der Waals surface area (Å²) in [4.78, 5) is 13.3. The van der Waals surface area contributed by atoms with E-state index in [1.165, 1.54) is 0 Å². The summed E-state index contributed by atoms with van der Waals surface area (Å²) in [6.07, 6.45) is 1.28. The van der Waals surface area contributed by atoms with Gasteiger partial charge in [0.25, 0.3) is 0 Å². The highest BCUT2D eigenvalue weighted by molar-refractivity contribution is 5.78. The smallest absolute Gasteiger partial charge is 0.225 e. The lowest BCUT2D eigenvalue weighted by Gasteiger charge is -2.30. The van der Waals surface area contributed by atoms with Gasteiger partial charge in [0.05, 0.1) is 6.10 Å². The van der Waals surface area contributed by atoms with Gasteiger partial charge in [0.2, 0.25) is 5.91 Å². The standard InChI is InChI=1S/C9H17NO2/c1-7(2)9(12)10-5-3-8(11)4-6-10/h7-8,11H,3-6H2,1-2H3. The molecule has 1 fully saturated rings. The molecule has 0 unspecified atom stereocenters. The first-order chi connectivity index (χ1) is 5.61. The first kappa shape index (κ1) is 9.52. The lowest BCUT2D eigenvalue weighted by Crippen LogP contribution is -2.41. The summed E-state index contributed by atoms with van der Waals surface area (Å²) < 4.78 is 0. The van der Waals surface area contributed by atoms with E-state index in [-0.39, 0.29) is 17.9 Å². The summed E-state index contributed by atoms with van der Waals surface area (Å²) >= 11 is 0. The van der Waals surface area contributed by atoms with Crippen LogP contribution >= 0.6 is 0 Å². The predicted octanol–water partition coefficient (Wildman–Crippen LogP) is 0.626. The van der Waals surface area contributed by atoms with Crippen LogP contribution in [-0.2, 0) is 4.79 Å². The second-order valence-electron chi connectivity index (χ2n) is 3.71. The first-order valence-electron chi connectivity index (χ1n) is 4.58. The van der Waals surface area contributed by atoms with Crippen LogP contribution in [0.25, 0.3) is 0 Å². The summed E-state index contributed by atoms with van der Waals surface area (Å²) in [6, 6.07) is 0. The van der Waals surface area contributed by atoms with E-state index in [1.807, 2.05) is 18.7 Å². The maximum Gasteiger partial charge on any atom is 0.225 e. The molecule has 1 N–H and O–H groups in total. The van der Waals surface area contributed by atoms with Gasteiger partial charge in [0.15, 0.2) is 0 Å². The number of piperidine rings is 1. The lowest BCUT2D eigenvalue weighted by molar-refractivity contribution is -0.136. The van der Waals surface area contributed by atoms with Crippen molar-refractivity contribution in [1.82, 2.24) is 4.90 Å². The van der Waals surface area contributed by atoms with Crippen molar-refractivity contribution in [3.63, 3.8) is 0 Å². The maximum absolute atomic E-state index is 11.4. The average molecular weight is 171 g/mol. The van der Waals surface area contributed by atoms with E-state index < -0.39 is 0 Å². The molecule has 0 saturated carbocycles. The van der Waals surface area contributed by atoms with Gasteiger partial charge in [-0.3, -0.25) is 4.79 Å². The Hall–Kier alpha value is -0.570. The minimum atomic E-state index is -0.193. The third-order valence-corrected chi connectivity index (χ3v) is 2.27. The average Bonchev–Trinajstić information content (AvgIpc) is 2.04. The molecule has 1 rings (SSSR count). The fourth-order valence-electron chi connectivity index (χ4n) is 1.45. The topological polar surface area (TPSA) is 40.5 Å². The number of hydrogen-bond acceptors (Lipinski definition) is 2. The van der Waals surface area contributed by atoms with Crippen molar-refractivity contribution in [3.8, 4) is 0 Å². The molecule has 0 radical (unpaired) electrons. The van der Waals surface area contributed by atoms with E-state index in [9.17, 15) is 9.90 Å². The molecule has 0 atom stereocenters. The second kappa shape index (κ2) is 3.90. The van der Waals surface area contributed by atoms with Gasteiger partial charge in [-0.05, 0) is 12.8 Å². The maximum atomic E-state index is 11.4. The SMILES string of the molecule is CC(C)C(=O)N1CCC(O)CC1. The normalized spacial score (nSPS) is 20.2. The Kier molecular flexibility index (Phi) is 3.09. The van der Waals surface area contributed by atoms with Crippen LogP contribution in [0, 0.1) is 5.92 Å². The number of rotatable bonds is 1. The fraction of sp³-hybridized carbons (Fsp3) is 0.889. The van der Waals surface area contributed by atoms with Crippen LogP contribution < -0.4 is 0 Å². The van der Waals surface area contributed by atoms with Crippen molar-refractivity contribution in [2.75, 3.05) is 13.1 Å². The number of aliphatic hydroxyl groups is 1. The molecule has 1 saturated heterocycles. The minimum absolute atomic E-state index is 0.0836. The molecule has 3 nitrogen and oxygen atoms in total. The van der Waals surface area contributed by atoms with Gasteiger partial charge in [0, 0.05) is 19.0 Å². The van der Waals surface area contributed by atoms with Crippen molar-refractivity contribution in [1.29, 1.82) is 0 Å². The highest BCUT2D eigenvalue weighted by Gasteiger charge is 2.22. The first-order valence-corrected chi connectivity index (χ1v) is 4.58. The van der Waals surface area contributed by atoms with E-state index in [1.54, 1.807) is 0 Å². The molecule has 1 amide bonds. The van der Waals surface area contributed by atoms with Gasteiger partial charge >= 0.3 is 0 Å². The largest absolute Gasteiger partial charge is 0.393 e. The van der Waals surface area contributed by atoms with Gasteiger partial charge in [0.1, 0.15) is 0 Å². The Bertz CT molecular complexity index is 160. The van der Waals surface area contributed by atoms with Crippen molar-refractivity contribution in [2.45, 2.75) is 32.8 Å². The lowest BCUT2D eigenvalue weighted by atomic mass is 10.1. The minimum Gasteiger partial charge on any atom is -0.393 e. The van der Waals surface area contributed by atoms with Crippen molar-refractivity contribution in [2.24, 2.45) is 5.92 Å². The molecule has 0 aromatic carbocycles. The molecule has 3 heteroatoms. The van der Waals surface area contributed by atoms with Crippen molar-refractivity contribution >= 4 is 5.91 Å². The molecule has 1 aliphatic heterocycles. The van der Waals surface area contributed by atoms with Gasteiger partial charge in [-0.15, -0.1) is 0 Å². The van der Waals surface area contributed by atoms with Crippen LogP contribution in [0.2, 0.25) is 0 Å².